The Bertz CT molecular complexity index is 725. The molecular formula is C17H18N2O3. The van der Waals surface area contributed by atoms with Gasteiger partial charge in [-0.2, -0.15) is 0 Å². The van der Waals surface area contributed by atoms with Crippen molar-refractivity contribution in [3.05, 3.63) is 35.6 Å². The van der Waals surface area contributed by atoms with E-state index >= 15 is 0 Å². The van der Waals surface area contributed by atoms with E-state index in [1.165, 1.54) is 13.0 Å². The molecule has 4 rings (SSSR count). The molecule has 0 radical (unpaired) electrons. The molecule has 3 heterocycles. The van der Waals surface area contributed by atoms with E-state index in [9.17, 15) is 9.59 Å². The summed E-state index contributed by atoms with van der Waals surface area (Å²) >= 11 is 0. The van der Waals surface area contributed by atoms with Crippen LogP contribution in [0.3, 0.4) is 0 Å². The molecular weight excluding hydrogens is 280 g/mol. The van der Waals surface area contributed by atoms with Gasteiger partial charge in [-0.1, -0.05) is 0 Å². The van der Waals surface area contributed by atoms with E-state index < -0.39 is 0 Å². The summed E-state index contributed by atoms with van der Waals surface area (Å²) in [5.41, 5.74) is 1.24. The normalized spacial score (nSPS) is 27.0. The lowest BCUT2D eigenvalue weighted by Gasteiger charge is -2.30. The van der Waals surface area contributed by atoms with Gasteiger partial charge in [0.05, 0.1) is 0 Å². The number of aldehydes is 1. The van der Waals surface area contributed by atoms with E-state index in [-0.39, 0.29) is 17.7 Å². The van der Waals surface area contributed by atoms with Crippen molar-refractivity contribution in [2.75, 3.05) is 19.6 Å². The third-order valence-corrected chi connectivity index (χ3v) is 4.72. The van der Waals surface area contributed by atoms with E-state index in [2.05, 4.69) is 10.2 Å². The maximum atomic E-state index is 12.4. The first-order valence-corrected chi connectivity index (χ1v) is 7.73. The first-order valence-electron chi connectivity index (χ1n) is 7.73. The molecule has 0 saturated carbocycles. The van der Waals surface area contributed by atoms with Crippen molar-refractivity contribution in [1.29, 1.82) is 0 Å². The topological polar surface area (TPSA) is 62.6 Å². The molecule has 0 spiro atoms. The third-order valence-electron chi connectivity index (χ3n) is 4.72. The second kappa shape index (κ2) is 5.25. The number of piperidine rings is 1. The Balaban J connectivity index is 1.51. The maximum Gasteiger partial charge on any atom is 0.251 e. The molecule has 5 heteroatoms. The first kappa shape index (κ1) is 13.5. The molecule has 2 aromatic rings. The van der Waals surface area contributed by atoms with Crippen LogP contribution in [0.1, 0.15) is 33.8 Å². The fraction of sp³-hybridized carbons (Fsp3) is 0.412. The van der Waals surface area contributed by atoms with Gasteiger partial charge < -0.3 is 14.6 Å². The number of carbonyl (C=O) groups excluding carboxylic acids is 2. The number of amides is 1. The Morgan fingerprint density at radius 3 is 3.05 bits per heavy atom. The second-order valence-corrected chi connectivity index (χ2v) is 6.34. The average Bonchev–Trinajstić information content (AvgIpc) is 3.09. The van der Waals surface area contributed by atoms with Crippen LogP contribution in [0.15, 0.2) is 28.7 Å². The second-order valence-electron chi connectivity index (χ2n) is 6.34. The fourth-order valence-corrected chi connectivity index (χ4v) is 3.70. The predicted octanol–water partition coefficient (Wildman–Crippen LogP) is 2.07. The zero-order valence-corrected chi connectivity index (χ0v) is 12.2. The van der Waals surface area contributed by atoms with Crippen molar-refractivity contribution >= 4 is 23.2 Å². The van der Waals surface area contributed by atoms with E-state index in [1.54, 1.807) is 24.3 Å². The fourth-order valence-electron chi connectivity index (χ4n) is 3.70. The summed E-state index contributed by atoms with van der Waals surface area (Å²) in [5.74, 6) is 0.957. The number of rotatable bonds is 3. The van der Waals surface area contributed by atoms with Crippen LogP contribution in [0.5, 0.6) is 0 Å². The maximum absolute atomic E-state index is 12.4. The van der Waals surface area contributed by atoms with Gasteiger partial charge in [0.15, 0.2) is 12.0 Å². The van der Waals surface area contributed by atoms with Crippen molar-refractivity contribution in [1.82, 2.24) is 10.2 Å². The SMILES string of the molecule is O=Cc1cc2cc(C(=O)N[C@@H]3C[C@H]4CCN(C4)C3)ccc2o1. The molecule has 1 aromatic carbocycles. The smallest absolute Gasteiger partial charge is 0.251 e. The van der Waals surface area contributed by atoms with Gasteiger partial charge in [-0.3, -0.25) is 9.59 Å². The van der Waals surface area contributed by atoms with Crippen molar-refractivity contribution in [3.63, 3.8) is 0 Å². The van der Waals surface area contributed by atoms with E-state index in [4.69, 9.17) is 4.42 Å². The van der Waals surface area contributed by atoms with Gasteiger partial charge in [0, 0.05) is 30.1 Å². The highest BCUT2D eigenvalue weighted by Gasteiger charge is 2.32. The summed E-state index contributed by atoms with van der Waals surface area (Å²) in [4.78, 5) is 25.6. The molecule has 2 saturated heterocycles. The summed E-state index contributed by atoms with van der Waals surface area (Å²) in [6, 6.07) is 7.16. The van der Waals surface area contributed by atoms with Crippen LogP contribution < -0.4 is 5.32 Å². The molecule has 5 nitrogen and oxygen atoms in total. The number of hydrogen-bond donors (Lipinski definition) is 1. The summed E-state index contributed by atoms with van der Waals surface area (Å²) in [5, 5.41) is 3.92. The number of carbonyl (C=O) groups is 2. The van der Waals surface area contributed by atoms with Crippen LogP contribution >= 0.6 is 0 Å². The summed E-state index contributed by atoms with van der Waals surface area (Å²) < 4.78 is 5.33. The molecule has 1 aromatic heterocycles. The lowest BCUT2D eigenvalue weighted by atomic mass is 9.96. The van der Waals surface area contributed by atoms with E-state index in [1.807, 2.05) is 0 Å². The highest BCUT2D eigenvalue weighted by molar-refractivity contribution is 5.98. The van der Waals surface area contributed by atoms with Crippen LogP contribution in [0.2, 0.25) is 0 Å². The Kier molecular flexibility index (Phi) is 3.22. The minimum Gasteiger partial charge on any atom is -0.453 e. The van der Waals surface area contributed by atoms with Gasteiger partial charge >= 0.3 is 0 Å². The molecule has 2 aliphatic heterocycles. The highest BCUT2D eigenvalue weighted by atomic mass is 16.3. The minimum atomic E-state index is -0.0525. The molecule has 2 aliphatic rings. The number of hydrogen-bond acceptors (Lipinski definition) is 4. The van der Waals surface area contributed by atoms with Gasteiger partial charge in [-0.05, 0) is 49.6 Å². The summed E-state index contributed by atoms with van der Waals surface area (Å²) in [6.45, 7) is 3.29. The number of nitrogens with zero attached hydrogens (tertiary/aromatic N) is 1. The molecule has 22 heavy (non-hydrogen) atoms. The van der Waals surface area contributed by atoms with Crippen molar-refractivity contribution in [3.8, 4) is 0 Å². The lowest BCUT2D eigenvalue weighted by Crippen LogP contribution is -2.47. The zero-order valence-electron chi connectivity index (χ0n) is 12.2. The number of furan rings is 1. The Morgan fingerprint density at radius 2 is 2.23 bits per heavy atom. The van der Waals surface area contributed by atoms with Gasteiger partial charge in [-0.15, -0.1) is 0 Å². The van der Waals surface area contributed by atoms with Crippen LogP contribution in [-0.2, 0) is 0 Å². The predicted molar refractivity (Wildman–Crippen MR) is 82.0 cm³/mol. The van der Waals surface area contributed by atoms with E-state index in [0.29, 0.717) is 17.4 Å². The van der Waals surface area contributed by atoms with Gasteiger partial charge in [0.1, 0.15) is 5.58 Å². The van der Waals surface area contributed by atoms with Crippen molar-refractivity contribution in [2.45, 2.75) is 18.9 Å². The third kappa shape index (κ3) is 2.41. The Morgan fingerprint density at radius 1 is 1.32 bits per heavy atom. The highest BCUT2D eigenvalue weighted by Crippen LogP contribution is 2.27. The lowest BCUT2D eigenvalue weighted by molar-refractivity contribution is 0.0909. The van der Waals surface area contributed by atoms with Crippen molar-refractivity contribution in [2.24, 2.45) is 5.92 Å². The Labute approximate surface area is 128 Å². The molecule has 2 fully saturated rings. The molecule has 1 unspecified atom stereocenters. The molecule has 3 atom stereocenters. The largest absolute Gasteiger partial charge is 0.453 e. The van der Waals surface area contributed by atoms with Crippen LogP contribution in [0.25, 0.3) is 11.0 Å². The molecule has 114 valence electrons. The number of nitrogens with one attached hydrogen (secondary N) is 1. The van der Waals surface area contributed by atoms with Crippen molar-refractivity contribution < 1.29 is 14.0 Å². The van der Waals surface area contributed by atoms with Crippen LogP contribution in [0.4, 0.5) is 0 Å². The van der Waals surface area contributed by atoms with Crippen LogP contribution in [-0.4, -0.2) is 42.8 Å². The summed E-state index contributed by atoms with van der Waals surface area (Å²) in [6.07, 6.45) is 3.00. The van der Waals surface area contributed by atoms with Crippen LogP contribution in [0, 0.1) is 5.92 Å². The molecule has 1 N–H and O–H groups in total. The molecule has 2 bridgehead atoms. The van der Waals surface area contributed by atoms with Gasteiger partial charge in [0.25, 0.3) is 5.91 Å². The Hall–Kier alpha value is -2.14. The molecule has 0 aliphatic carbocycles. The monoisotopic (exact) mass is 298 g/mol. The minimum absolute atomic E-state index is 0.0525. The number of fused-ring (bicyclic) bond motifs is 3. The van der Waals surface area contributed by atoms with E-state index in [0.717, 1.165) is 30.8 Å². The average molecular weight is 298 g/mol. The van der Waals surface area contributed by atoms with Gasteiger partial charge in [0.2, 0.25) is 0 Å². The quantitative estimate of drug-likeness (QED) is 0.881. The first-order chi connectivity index (χ1) is 10.7. The van der Waals surface area contributed by atoms with Gasteiger partial charge in [-0.25, -0.2) is 0 Å². The zero-order chi connectivity index (χ0) is 15.1. The molecule has 1 amide bonds. The standard InChI is InChI=1S/C17H18N2O3/c20-10-15-7-13-6-12(1-2-16(13)22-15)17(21)18-14-5-11-3-4-19(8-11)9-14/h1-2,6-7,10-11,14H,3-5,8-9H2,(H,18,21)/t11-,14-/m1/s1. The number of benzene rings is 1. The summed E-state index contributed by atoms with van der Waals surface area (Å²) in [7, 11) is 0.